The van der Waals surface area contributed by atoms with Crippen LogP contribution in [0.1, 0.15) is 79.0 Å². The molecule has 1 aromatic heterocycles. The maximum Gasteiger partial charge on any atom is 0.252 e. The third-order valence-corrected chi connectivity index (χ3v) is 18.6. The van der Waals surface area contributed by atoms with E-state index in [0.717, 1.165) is 50.9 Å². The summed E-state index contributed by atoms with van der Waals surface area (Å²) < 4.78 is 2.47. The van der Waals surface area contributed by atoms with E-state index in [4.69, 9.17) is 0 Å². The second-order valence-corrected chi connectivity index (χ2v) is 27.4. The lowest BCUT2D eigenvalue weighted by molar-refractivity contribution is 0.590. The highest BCUT2D eigenvalue weighted by Gasteiger charge is 2.45. The highest BCUT2D eigenvalue weighted by atomic mass is 15.2. The minimum absolute atomic E-state index is 0.0202. The number of nitrogens with zero attached hydrogens (tertiary/aromatic N) is 4. The summed E-state index contributed by atoms with van der Waals surface area (Å²) in [6, 6.07) is 105. The maximum absolute atomic E-state index is 2.61. The molecule has 0 aliphatic carbocycles. The summed E-state index contributed by atoms with van der Waals surface area (Å²) >= 11 is 0. The number of aromatic nitrogens is 1. The maximum atomic E-state index is 2.61. The number of anilines is 9. The molecule has 0 spiro atoms. The second-order valence-electron chi connectivity index (χ2n) is 27.4. The van der Waals surface area contributed by atoms with Crippen molar-refractivity contribution in [3.05, 3.63) is 296 Å². The number of benzene rings is 12. The van der Waals surface area contributed by atoms with Crippen molar-refractivity contribution in [1.82, 2.24) is 4.57 Å². The largest absolute Gasteiger partial charge is 0.311 e. The molecule has 89 heavy (non-hydrogen) atoms. The average molecular weight is 1150 g/mol. The molecule has 0 fully saturated rings. The van der Waals surface area contributed by atoms with Crippen LogP contribution < -0.4 is 31.1 Å². The van der Waals surface area contributed by atoms with Gasteiger partial charge < -0.3 is 19.3 Å². The van der Waals surface area contributed by atoms with Crippen molar-refractivity contribution in [2.75, 3.05) is 14.7 Å². The number of hydrogen-bond donors (Lipinski definition) is 0. The van der Waals surface area contributed by atoms with Crippen molar-refractivity contribution < 1.29 is 0 Å². The minimum Gasteiger partial charge on any atom is -0.311 e. The zero-order chi connectivity index (χ0) is 60.9. The van der Waals surface area contributed by atoms with E-state index in [1.165, 1.54) is 94.2 Å². The lowest BCUT2D eigenvalue weighted by Gasteiger charge is -2.45. The molecule has 0 amide bonds. The molecule has 0 saturated carbocycles. The van der Waals surface area contributed by atoms with Crippen molar-refractivity contribution in [2.45, 2.75) is 78.6 Å². The summed E-state index contributed by atoms with van der Waals surface area (Å²) in [6.07, 6.45) is 0. The summed E-state index contributed by atoms with van der Waals surface area (Å²) in [5.41, 5.74) is 28.4. The highest BCUT2D eigenvalue weighted by Crippen LogP contribution is 2.50. The molecular formula is C84H73BN4. The fourth-order valence-corrected chi connectivity index (χ4v) is 13.9. The molecule has 0 saturated heterocycles. The van der Waals surface area contributed by atoms with Gasteiger partial charge in [0.25, 0.3) is 6.71 Å². The lowest BCUT2D eigenvalue weighted by Crippen LogP contribution is -2.61. The van der Waals surface area contributed by atoms with Crippen molar-refractivity contribution in [3.8, 4) is 39.1 Å². The van der Waals surface area contributed by atoms with E-state index < -0.39 is 0 Å². The molecule has 0 atom stereocenters. The number of para-hydroxylation sites is 3. The molecular weight excluding hydrogens is 1080 g/mol. The number of hydrogen-bond acceptors (Lipinski definition) is 3. The van der Waals surface area contributed by atoms with Crippen LogP contribution in [0.5, 0.6) is 0 Å². The van der Waals surface area contributed by atoms with Crippen LogP contribution in [-0.2, 0) is 16.2 Å². The molecule has 3 heterocycles. The Morgan fingerprint density at radius 2 is 0.730 bits per heavy atom. The highest BCUT2D eigenvalue weighted by molar-refractivity contribution is 7.00. The summed E-state index contributed by atoms with van der Waals surface area (Å²) in [4.78, 5) is 7.57. The fraction of sp³-hybridized carbons (Fsp3) is 0.143. The molecule has 15 rings (SSSR count). The standard InChI is InChI=1S/C84H73BN4/c1-82(2,3)61-39-48-75-70(51-61)71-52-62(83(4,5)6)40-49-76(71)87(75)66-43-36-58(37-44-66)60-38-46-72-77(50-60)89(74-33-23-22-32-69(74)59-26-16-11-17-27-59)80-54-63(84(7,8)9)53-79-81(80)85(72)73-47-45-68(86(64-28-18-12-19-29-64)65-30-20-13-21-31-65)55-78(73)88(79)67-41-34-57(35-42-67)56-24-14-10-15-25-56/h10-55H,1-9H3. The van der Waals surface area contributed by atoms with Gasteiger partial charge in [-0.15, -0.1) is 0 Å². The molecule has 0 bridgehead atoms. The van der Waals surface area contributed by atoms with Crippen LogP contribution >= 0.6 is 0 Å². The van der Waals surface area contributed by atoms with Crippen LogP contribution in [0.3, 0.4) is 0 Å². The molecule has 0 N–H and O–H groups in total. The van der Waals surface area contributed by atoms with E-state index in [9.17, 15) is 0 Å². The second kappa shape index (κ2) is 21.4. The minimum atomic E-state index is -0.210. The molecule has 13 aromatic rings. The van der Waals surface area contributed by atoms with Gasteiger partial charge in [0.2, 0.25) is 0 Å². The van der Waals surface area contributed by atoms with Crippen LogP contribution in [0.4, 0.5) is 51.2 Å². The van der Waals surface area contributed by atoms with Crippen molar-refractivity contribution in [3.63, 3.8) is 0 Å². The Morgan fingerprint density at radius 1 is 0.292 bits per heavy atom. The van der Waals surface area contributed by atoms with Gasteiger partial charge in [0.1, 0.15) is 0 Å². The first-order chi connectivity index (χ1) is 43.0. The summed E-state index contributed by atoms with van der Waals surface area (Å²) in [6.45, 7) is 20.8. The van der Waals surface area contributed by atoms with Crippen molar-refractivity contribution in [2.24, 2.45) is 0 Å². The molecule has 2 aliphatic rings. The van der Waals surface area contributed by atoms with Gasteiger partial charge in [-0.1, -0.05) is 232 Å². The molecule has 2 aliphatic heterocycles. The van der Waals surface area contributed by atoms with E-state index in [0.29, 0.717) is 0 Å². The van der Waals surface area contributed by atoms with Gasteiger partial charge in [-0.25, -0.2) is 0 Å². The van der Waals surface area contributed by atoms with Crippen molar-refractivity contribution >= 4 is 96.1 Å². The van der Waals surface area contributed by atoms with E-state index in [1.54, 1.807) is 0 Å². The molecule has 0 radical (unpaired) electrons. The fourth-order valence-electron chi connectivity index (χ4n) is 13.9. The molecule has 432 valence electrons. The summed E-state index contributed by atoms with van der Waals surface area (Å²) in [7, 11) is 0. The van der Waals surface area contributed by atoms with E-state index >= 15 is 0 Å². The normalized spacial score (nSPS) is 12.9. The Kier molecular flexibility index (Phi) is 13.3. The average Bonchev–Trinajstić information content (AvgIpc) is 1.21. The van der Waals surface area contributed by atoms with Gasteiger partial charge in [-0.2, -0.15) is 0 Å². The van der Waals surface area contributed by atoms with Gasteiger partial charge in [-0.05, 0) is 186 Å². The Morgan fingerprint density at radius 3 is 1.28 bits per heavy atom. The summed E-state index contributed by atoms with van der Waals surface area (Å²) in [5, 5.41) is 2.58. The SMILES string of the molecule is CC(C)(C)c1cc2c3c(c1)N(c1ccccc1-c1ccccc1)c1cc(-c4ccc(-n5c6ccc(C(C)(C)C)cc6c6cc(C(C)(C)C)ccc65)cc4)ccc1B3c1ccc(N(c3ccccc3)c3ccccc3)cc1N2c1ccc(-c2ccccc2)cc1. The molecule has 0 unspecified atom stereocenters. The Bertz CT molecular complexity index is 4710. The van der Waals surface area contributed by atoms with Gasteiger partial charge >= 0.3 is 0 Å². The van der Waals surface area contributed by atoms with Crippen LogP contribution in [0.15, 0.2) is 279 Å². The van der Waals surface area contributed by atoms with Gasteiger partial charge in [-0.3, -0.25) is 0 Å². The first-order valence-electron chi connectivity index (χ1n) is 31.5. The first kappa shape index (κ1) is 55.5. The summed E-state index contributed by atoms with van der Waals surface area (Å²) in [5.74, 6) is 0. The van der Waals surface area contributed by atoms with E-state index in [2.05, 4.69) is 361 Å². The number of fused-ring (bicyclic) bond motifs is 7. The molecule has 12 aromatic carbocycles. The van der Waals surface area contributed by atoms with Gasteiger partial charge in [0, 0.05) is 67.5 Å². The third-order valence-electron chi connectivity index (χ3n) is 18.6. The predicted molar refractivity (Wildman–Crippen MR) is 382 cm³/mol. The monoisotopic (exact) mass is 1150 g/mol. The van der Waals surface area contributed by atoms with Crippen LogP contribution in [-0.4, -0.2) is 11.3 Å². The van der Waals surface area contributed by atoms with E-state index in [1.807, 2.05) is 0 Å². The van der Waals surface area contributed by atoms with Crippen LogP contribution in [0.25, 0.3) is 60.9 Å². The third kappa shape index (κ3) is 9.72. The van der Waals surface area contributed by atoms with Gasteiger partial charge in [0.15, 0.2) is 0 Å². The van der Waals surface area contributed by atoms with Crippen molar-refractivity contribution in [1.29, 1.82) is 0 Å². The topological polar surface area (TPSA) is 14.7 Å². The zero-order valence-corrected chi connectivity index (χ0v) is 52.4. The lowest BCUT2D eigenvalue weighted by atomic mass is 9.33. The van der Waals surface area contributed by atoms with Gasteiger partial charge in [0.05, 0.1) is 16.7 Å². The quantitative estimate of drug-likeness (QED) is 0.134. The van der Waals surface area contributed by atoms with Crippen LogP contribution in [0.2, 0.25) is 0 Å². The van der Waals surface area contributed by atoms with Crippen LogP contribution in [0, 0.1) is 0 Å². The Labute approximate surface area is 525 Å². The van der Waals surface area contributed by atoms with E-state index in [-0.39, 0.29) is 23.0 Å². The molecule has 5 heteroatoms. The predicted octanol–water partition coefficient (Wildman–Crippen LogP) is 21.2. The Hall–Kier alpha value is -10.1. The first-order valence-corrected chi connectivity index (χ1v) is 31.5. The molecule has 4 nitrogen and oxygen atoms in total. The number of rotatable bonds is 9. The Balaban J connectivity index is 0.959. The smallest absolute Gasteiger partial charge is 0.252 e. The zero-order valence-electron chi connectivity index (χ0n) is 52.4.